The molecule has 2 N–H and O–H groups in total. The second-order valence-corrected chi connectivity index (χ2v) is 5.10. The Hall–Kier alpha value is -1.14. The fourth-order valence-electron chi connectivity index (χ4n) is 2.33. The lowest BCUT2D eigenvalue weighted by molar-refractivity contribution is 0.0640. The van der Waals surface area contributed by atoms with Gasteiger partial charge in [0, 0.05) is 39.8 Å². The van der Waals surface area contributed by atoms with Crippen molar-refractivity contribution in [3.63, 3.8) is 0 Å². The Morgan fingerprint density at radius 2 is 2.15 bits per heavy atom. The average molecular weight is 280 g/mol. The molecule has 0 spiro atoms. The van der Waals surface area contributed by atoms with Crippen molar-refractivity contribution in [2.24, 2.45) is 0 Å². The van der Waals surface area contributed by atoms with Gasteiger partial charge < -0.3 is 19.9 Å². The molecular formula is C15H24N2O3. The molecule has 0 aromatic heterocycles. The Morgan fingerprint density at radius 3 is 2.90 bits per heavy atom. The molecule has 0 aliphatic carbocycles. The molecule has 0 amide bonds. The van der Waals surface area contributed by atoms with Gasteiger partial charge >= 0.3 is 0 Å². The monoisotopic (exact) mass is 280 g/mol. The number of aliphatic hydroxyl groups excluding tert-OH is 1. The van der Waals surface area contributed by atoms with Crippen LogP contribution in [-0.2, 0) is 11.3 Å². The molecular weight excluding hydrogens is 256 g/mol. The van der Waals surface area contributed by atoms with Crippen LogP contribution in [0.2, 0.25) is 0 Å². The quantitative estimate of drug-likeness (QED) is 0.761. The fourth-order valence-corrected chi connectivity index (χ4v) is 2.33. The minimum absolute atomic E-state index is 0.320. The third-order valence-electron chi connectivity index (χ3n) is 3.33. The van der Waals surface area contributed by atoms with Gasteiger partial charge in [-0.15, -0.1) is 0 Å². The van der Waals surface area contributed by atoms with Crippen LogP contribution in [0.1, 0.15) is 5.56 Å². The SMILES string of the molecule is COCc1cccc(OCC(O)CN2CCNCC2)c1. The standard InChI is InChI=1S/C15H24N2O3/c1-19-11-13-3-2-4-15(9-13)20-12-14(18)10-17-7-5-16-6-8-17/h2-4,9,14,16,18H,5-8,10-12H2,1H3. The van der Waals surface area contributed by atoms with Crippen molar-refractivity contribution in [1.82, 2.24) is 10.2 Å². The summed E-state index contributed by atoms with van der Waals surface area (Å²) in [5, 5.41) is 13.3. The molecule has 1 aromatic carbocycles. The van der Waals surface area contributed by atoms with Crippen LogP contribution in [0.15, 0.2) is 24.3 Å². The van der Waals surface area contributed by atoms with Crippen LogP contribution in [-0.4, -0.2) is 62.6 Å². The first-order valence-corrected chi connectivity index (χ1v) is 7.10. The molecule has 1 fully saturated rings. The molecule has 1 unspecified atom stereocenters. The van der Waals surface area contributed by atoms with Crippen LogP contribution in [0, 0.1) is 0 Å². The number of ether oxygens (including phenoxy) is 2. The number of nitrogens with one attached hydrogen (secondary N) is 1. The maximum Gasteiger partial charge on any atom is 0.119 e. The molecule has 20 heavy (non-hydrogen) atoms. The summed E-state index contributed by atoms with van der Waals surface area (Å²) in [5.74, 6) is 0.777. The van der Waals surface area contributed by atoms with E-state index in [-0.39, 0.29) is 0 Å². The second kappa shape index (κ2) is 8.21. The molecule has 5 nitrogen and oxygen atoms in total. The van der Waals surface area contributed by atoms with E-state index in [2.05, 4.69) is 10.2 Å². The number of hydrogen-bond acceptors (Lipinski definition) is 5. The van der Waals surface area contributed by atoms with Crippen molar-refractivity contribution < 1.29 is 14.6 Å². The van der Waals surface area contributed by atoms with Gasteiger partial charge in [-0.25, -0.2) is 0 Å². The topological polar surface area (TPSA) is 54.0 Å². The molecule has 2 rings (SSSR count). The molecule has 1 aliphatic heterocycles. The zero-order chi connectivity index (χ0) is 14.2. The third-order valence-corrected chi connectivity index (χ3v) is 3.33. The lowest BCUT2D eigenvalue weighted by atomic mass is 10.2. The van der Waals surface area contributed by atoms with E-state index in [1.165, 1.54) is 0 Å². The minimum atomic E-state index is -0.459. The lowest BCUT2D eigenvalue weighted by Gasteiger charge is -2.29. The van der Waals surface area contributed by atoms with E-state index in [1.54, 1.807) is 7.11 Å². The molecule has 0 radical (unpaired) electrons. The average Bonchev–Trinajstić information content (AvgIpc) is 2.47. The molecule has 1 aromatic rings. The Morgan fingerprint density at radius 1 is 1.35 bits per heavy atom. The molecule has 1 saturated heterocycles. The van der Waals surface area contributed by atoms with Crippen molar-refractivity contribution in [3.8, 4) is 5.75 Å². The van der Waals surface area contributed by atoms with E-state index in [4.69, 9.17) is 9.47 Å². The molecule has 0 bridgehead atoms. The number of methoxy groups -OCH3 is 1. The first-order chi connectivity index (χ1) is 9.78. The van der Waals surface area contributed by atoms with E-state index in [9.17, 15) is 5.11 Å². The van der Waals surface area contributed by atoms with Crippen LogP contribution in [0.5, 0.6) is 5.75 Å². The summed E-state index contributed by atoms with van der Waals surface area (Å²) < 4.78 is 10.7. The Labute approximate surface area is 120 Å². The van der Waals surface area contributed by atoms with Crippen LogP contribution in [0.25, 0.3) is 0 Å². The Bertz CT molecular complexity index is 394. The zero-order valence-corrected chi connectivity index (χ0v) is 12.0. The fraction of sp³-hybridized carbons (Fsp3) is 0.600. The minimum Gasteiger partial charge on any atom is -0.491 e. The molecule has 1 heterocycles. The normalized spacial score (nSPS) is 17.9. The second-order valence-electron chi connectivity index (χ2n) is 5.10. The summed E-state index contributed by atoms with van der Waals surface area (Å²) in [5.41, 5.74) is 1.07. The highest BCUT2D eigenvalue weighted by molar-refractivity contribution is 5.28. The maximum absolute atomic E-state index is 10.0. The highest BCUT2D eigenvalue weighted by Gasteiger charge is 2.14. The van der Waals surface area contributed by atoms with Gasteiger partial charge in [-0.3, -0.25) is 4.90 Å². The van der Waals surface area contributed by atoms with E-state index in [0.717, 1.165) is 37.5 Å². The molecule has 112 valence electrons. The highest BCUT2D eigenvalue weighted by Crippen LogP contribution is 2.14. The summed E-state index contributed by atoms with van der Waals surface area (Å²) in [4.78, 5) is 2.26. The summed E-state index contributed by atoms with van der Waals surface area (Å²) in [6.45, 7) is 5.51. The van der Waals surface area contributed by atoms with Crippen molar-refractivity contribution in [3.05, 3.63) is 29.8 Å². The number of benzene rings is 1. The summed E-state index contributed by atoms with van der Waals surface area (Å²) in [6.07, 6.45) is -0.459. The lowest BCUT2D eigenvalue weighted by Crippen LogP contribution is -2.47. The van der Waals surface area contributed by atoms with Crippen molar-refractivity contribution in [1.29, 1.82) is 0 Å². The number of piperazine rings is 1. The van der Waals surface area contributed by atoms with E-state index >= 15 is 0 Å². The van der Waals surface area contributed by atoms with Gasteiger partial charge in [0.25, 0.3) is 0 Å². The van der Waals surface area contributed by atoms with Crippen LogP contribution < -0.4 is 10.1 Å². The van der Waals surface area contributed by atoms with Crippen molar-refractivity contribution >= 4 is 0 Å². The van der Waals surface area contributed by atoms with Crippen LogP contribution >= 0.6 is 0 Å². The largest absolute Gasteiger partial charge is 0.491 e. The molecule has 5 heteroatoms. The van der Waals surface area contributed by atoms with E-state index < -0.39 is 6.10 Å². The smallest absolute Gasteiger partial charge is 0.119 e. The predicted octanol–water partition coefficient (Wildman–Crippen LogP) is 0.478. The van der Waals surface area contributed by atoms with Gasteiger partial charge in [-0.05, 0) is 17.7 Å². The van der Waals surface area contributed by atoms with Crippen molar-refractivity contribution in [2.45, 2.75) is 12.7 Å². The first-order valence-electron chi connectivity index (χ1n) is 7.10. The predicted molar refractivity (Wildman–Crippen MR) is 78.0 cm³/mol. The van der Waals surface area contributed by atoms with Crippen molar-refractivity contribution in [2.75, 3.05) is 46.4 Å². The van der Waals surface area contributed by atoms with E-state index in [0.29, 0.717) is 19.8 Å². The van der Waals surface area contributed by atoms with Gasteiger partial charge in [-0.2, -0.15) is 0 Å². The van der Waals surface area contributed by atoms with Crippen LogP contribution in [0.3, 0.4) is 0 Å². The molecule has 0 saturated carbocycles. The van der Waals surface area contributed by atoms with Crippen LogP contribution in [0.4, 0.5) is 0 Å². The number of β-amino-alcohol motifs (C(OH)–C–C–N with tert-alkyl or cyclic N) is 1. The number of hydrogen-bond donors (Lipinski definition) is 2. The van der Waals surface area contributed by atoms with Gasteiger partial charge in [0.1, 0.15) is 18.5 Å². The highest BCUT2D eigenvalue weighted by atomic mass is 16.5. The summed E-state index contributed by atoms with van der Waals surface area (Å²) in [6, 6.07) is 7.78. The Balaban J connectivity index is 1.74. The maximum atomic E-state index is 10.0. The number of nitrogens with zero attached hydrogens (tertiary/aromatic N) is 1. The summed E-state index contributed by atoms with van der Waals surface area (Å²) in [7, 11) is 1.67. The van der Waals surface area contributed by atoms with Gasteiger partial charge in [0.05, 0.1) is 6.61 Å². The third kappa shape index (κ3) is 5.09. The number of rotatable bonds is 7. The van der Waals surface area contributed by atoms with Gasteiger partial charge in [-0.1, -0.05) is 12.1 Å². The first kappa shape index (κ1) is 15.3. The zero-order valence-electron chi connectivity index (χ0n) is 12.0. The molecule has 1 atom stereocenters. The Kier molecular flexibility index (Phi) is 6.26. The van der Waals surface area contributed by atoms with Gasteiger partial charge in [0.15, 0.2) is 0 Å². The van der Waals surface area contributed by atoms with Gasteiger partial charge in [0.2, 0.25) is 0 Å². The number of aliphatic hydroxyl groups is 1. The van der Waals surface area contributed by atoms with E-state index in [1.807, 2.05) is 24.3 Å². The molecule has 1 aliphatic rings. The summed E-state index contributed by atoms with van der Waals surface area (Å²) >= 11 is 0.